The predicted molar refractivity (Wildman–Crippen MR) is 153 cm³/mol. The zero-order valence-electron chi connectivity index (χ0n) is 20.9. The molecule has 0 radical (unpaired) electrons. The van der Waals surface area contributed by atoms with E-state index in [9.17, 15) is 19.5 Å². The molecule has 0 spiro atoms. The van der Waals surface area contributed by atoms with Gasteiger partial charge in [0.2, 0.25) is 0 Å². The van der Waals surface area contributed by atoms with E-state index in [1.807, 2.05) is 0 Å². The molecule has 0 amide bonds. The van der Waals surface area contributed by atoms with Gasteiger partial charge in [-0.3, -0.25) is 0 Å². The lowest BCUT2D eigenvalue weighted by Crippen LogP contribution is -2.61. The van der Waals surface area contributed by atoms with Crippen LogP contribution in [0.2, 0.25) is 0 Å². The molecule has 1 fully saturated rings. The van der Waals surface area contributed by atoms with Crippen LogP contribution in [0.4, 0.5) is 0 Å². The molecule has 9 nitrogen and oxygen atoms in total. The number of hydrogen-bond acceptors (Lipinski definition) is 9. The van der Waals surface area contributed by atoms with Crippen LogP contribution in [0.3, 0.4) is 0 Å². The fourth-order valence-electron chi connectivity index (χ4n) is 3.86. The van der Waals surface area contributed by atoms with Gasteiger partial charge in [0.1, 0.15) is 18.8 Å². The SMILES string of the molecule is CO[C@@H]1O[C@H](COC(=O)c2ccc(Br)cc2)[C@@H](O)[C@H](OC(=O)c2ccc(Br)cc2)[C@H]1OC(=O)c1ccc(Br)cc1. The van der Waals surface area contributed by atoms with Crippen LogP contribution in [-0.4, -0.2) is 67.4 Å². The molecule has 4 rings (SSSR count). The van der Waals surface area contributed by atoms with Crippen molar-refractivity contribution >= 4 is 65.7 Å². The monoisotopic (exact) mass is 740 g/mol. The standard InChI is InChI=1S/C28H23Br3O9/c1-36-28-24(40-27(35)17-6-12-20(31)13-7-17)23(39-26(34)16-4-10-19(30)11-5-16)22(32)21(38-28)14-37-25(33)15-2-8-18(29)9-3-15/h2-13,21-24,28,32H,14H2,1H3/t21-,22-,23+,24-,28-/m1/s1. The molecule has 0 saturated carbocycles. The van der Waals surface area contributed by atoms with Crippen molar-refractivity contribution in [1.82, 2.24) is 0 Å². The Morgan fingerprint density at radius 3 is 1.52 bits per heavy atom. The van der Waals surface area contributed by atoms with E-state index in [0.29, 0.717) is 0 Å². The van der Waals surface area contributed by atoms with Crippen LogP contribution in [0.15, 0.2) is 86.2 Å². The van der Waals surface area contributed by atoms with Crippen molar-refractivity contribution < 1.29 is 43.2 Å². The van der Waals surface area contributed by atoms with Crippen molar-refractivity contribution in [3.05, 3.63) is 103 Å². The number of aliphatic hydroxyl groups is 1. The smallest absolute Gasteiger partial charge is 0.338 e. The van der Waals surface area contributed by atoms with Crippen molar-refractivity contribution in [3.63, 3.8) is 0 Å². The van der Waals surface area contributed by atoms with E-state index in [-0.39, 0.29) is 16.7 Å². The Hall–Kier alpha value is -2.61. The first kappa shape index (κ1) is 30.4. The number of carbonyl (C=O) groups is 3. The number of benzene rings is 3. The van der Waals surface area contributed by atoms with E-state index in [0.717, 1.165) is 13.4 Å². The summed E-state index contributed by atoms with van der Waals surface area (Å²) in [4.78, 5) is 38.5. The van der Waals surface area contributed by atoms with Crippen LogP contribution in [0.5, 0.6) is 0 Å². The van der Waals surface area contributed by atoms with Crippen molar-refractivity contribution in [2.24, 2.45) is 0 Å². The molecule has 0 aromatic heterocycles. The number of hydrogen-bond donors (Lipinski definition) is 1. The lowest BCUT2D eigenvalue weighted by Gasteiger charge is -2.42. The van der Waals surface area contributed by atoms with Crippen LogP contribution in [0.25, 0.3) is 0 Å². The van der Waals surface area contributed by atoms with Crippen LogP contribution >= 0.6 is 47.8 Å². The number of methoxy groups -OCH3 is 1. The molecule has 12 heteroatoms. The lowest BCUT2D eigenvalue weighted by molar-refractivity contribution is -0.292. The number of rotatable bonds is 8. The molecule has 0 aliphatic carbocycles. The van der Waals surface area contributed by atoms with Gasteiger partial charge >= 0.3 is 17.9 Å². The fraction of sp³-hybridized carbons (Fsp3) is 0.250. The Kier molecular flexibility index (Phi) is 10.5. The molecule has 5 atom stereocenters. The summed E-state index contributed by atoms with van der Waals surface area (Å²) in [6.07, 6.45) is -6.76. The third-order valence-electron chi connectivity index (χ3n) is 5.96. The molecule has 3 aromatic carbocycles. The molecular formula is C28H23Br3O9. The summed E-state index contributed by atoms with van der Waals surface area (Å²) in [7, 11) is 1.31. The minimum Gasteiger partial charge on any atom is -0.459 e. The number of halogens is 3. The third kappa shape index (κ3) is 7.56. The lowest BCUT2D eigenvalue weighted by atomic mass is 9.98. The normalized spacial score (nSPS) is 22.3. The Balaban J connectivity index is 1.56. The van der Waals surface area contributed by atoms with Gasteiger partial charge in [0.25, 0.3) is 0 Å². The second-order valence-corrected chi connectivity index (χ2v) is 11.4. The van der Waals surface area contributed by atoms with E-state index in [1.54, 1.807) is 60.7 Å². The highest BCUT2D eigenvalue weighted by atomic mass is 79.9. The highest BCUT2D eigenvalue weighted by Crippen LogP contribution is 2.29. The summed E-state index contributed by atoms with van der Waals surface area (Å²) in [5.74, 6) is -2.17. The van der Waals surface area contributed by atoms with Gasteiger partial charge in [0.15, 0.2) is 18.5 Å². The minimum atomic E-state index is -1.55. The molecular weight excluding hydrogens is 720 g/mol. The van der Waals surface area contributed by atoms with Gasteiger partial charge in [0, 0.05) is 20.5 Å². The largest absolute Gasteiger partial charge is 0.459 e. The average molecular weight is 743 g/mol. The van der Waals surface area contributed by atoms with Crippen molar-refractivity contribution in [1.29, 1.82) is 0 Å². The van der Waals surface area contributed by atoms with Crippen LogP contribution < -0.4 is 0 Å². The molecule has 1 heterocycles. The van der Waals surface area contributed by atoms with Crippen molar-refractivity contribution in [2.45, 2.75) is 30.7 Å². The summed E-state index contributed by atoms with van der Waals surface area (Å²) in [6, 6.07) is 19.3. The fourth-order valence-corrected chi connectivity index (χ4v) is 4.65. The summed E-state index contributed by atoms with van der Waals surface area (Å²) < 4.78 is 30.2. The quantitative estimate of drug-likeness (QED) is 0.242. The van der Waals surface area contributed by atoms with Crippen molar-refractivity contribution in [3.8, 4) is 0 Å². The molecule has 0 unspecified atom stereocenters. The van der Waals surface area contributed by atoms with Gasteiger partial charge in [-0.2, -0.15) is 0 Å². The van der Waals surface area contributed by atoms with E-state index in [2.05, 4.69) is 47.8 Å². The molecule has 1 aliphatic heterocycles. The van der Waals surface area contributed by atoms with E-state index in [4.69, 9.17) is 23.7 Å². The Labute approximate surface area is 255 Å². The van der Waals surface area contributed by atoms with E-state index < -0.39 is 55.2 Å². The maximum atomic E-state index is 13.0. The second kappa shape index (κ2) is 13.8. The maximum Gasteiger partial charge on any atom is 0.338 e. The zero-order valence-corrected chi connectivity index (χ0v) is 25.6. The third-order valence-corrected chi connectivity index (χ3v) is 7.54. The van der Waals surface area contributed by atoms with Crippen LogP contribution in [0, 0.1) is 0 Å². The first-order valence-corrected chi connectivity index (χ1v) is 14.3. The van der Waals surface area contributed by atoms with E-state index in [1.165, 1.54) is 19.2 Å². The molecule has 3 aromatic rings. The number of esters is 3. The molecule has 1 aliphatic rings. The maximum absolute atomic E-state index is 13.0. The summed E-state index contributed by atoms with van der Waals surface area (Å²) in [5, 5.41) is 11.2. The van der Waals surface area contributed by atoms with Gasteiger partial charge in [-0.1, -0.05) is 47.8 Å². The number of ether oxygens (including phenoxy) is 5. The molecule has 0 bridgehead atoms. The number of carbonyl (C=O) groups excluding carboxylic acids is 3. The molecule has 210 valence electrons. The summed E-state index contributed by atoms with van der Waals surface area (Å²) in [5.41, 5.74) is 0.708. The summed E-state index contributed by atoms with van der Waals surface area (Å²) >= 11 is 9.93. The van der Waals surface area contributed by atoms with Gasteiger partial charge in [-0.15, -0.1) is 0 Å². The highest BCUT2D eigenvalue weighted by Gasteiger charge is 2.50. The van der Waals surface area contributed by atoms with Gasteiger partial charge in [0.05, 0.1) is 16.7 Å². The summed E-state index contributed by atoms with van der Waals surface area (Å²) in [6.45, 7) is -0.393. The number of aliphatic hydroxyl groups excluding tert-OH is 1. The Bertz CT molecular complexity index is 1330. The zero-order chi connectivity index (χ0) is 28.8. The van der Waals surface area contributed by atoms with Gasteiger partial charge in [-0.25, -0.2) is 14.4 Å². The Morgan fingerprint density at radius 1 is 0.700 bits per heavy atom. The molecule has 1 saturated heterocycles. The van der Waals surface area contributed by atoms with E-state index >= 15 is 0 Å². The Morgan fingerprint density at radius 2 is 1.10 bits per heavy atom. The average Bonchev–Trinajstić information content (AvgIpc) is 2.95. The highest BCUT2D eigenvalue weighted by molar-refractivity contribution is 9.11. The minimum absolute atomic E-state index is 0.201. The van der Waals surface area contributed by atoms with Crippen LogP contribution in [-0.2, 0) is 23.7 Å². The first-order valence-electron chi connectivity index (χ1n) is 11.9. The van der Waals surface area contributed by atoms with Gasteiger partial charge in [-0.05, 0) is 72.8 Å². The van der Waals surface area contributed by atoms with Crippen LogP contribution in [0.1, 0.15) is 31.1 Å². The van der Waals surface area contributed by atoms with Crippen molar-refractivity contribution in [2.75, 3.05) is 13.7 Å². The molecule has 40 heavy (non-hydrogen) atoms. The molecule has 1 N–H and O–H groups in total. The predicted octanol–water partition coefficient (Wildman–Crippen LogP) is 5.31. The first-order chi connectivity index (χ1) is 19.2. The van der Waals surface area contributed by atoms with Gasteiger partial charge < -0.3 is 28.8 Å². The topological polar surface area (TPSA) is 118 Å². The second-order valence-electron chi connectivity index (χ2n) is 8.63.